The largest absolute Gasteiger partial charge is 0.468 e. The Hall–Kier alpha value is -1.41. The molecule has 1 aliphatic rings. The lowest BCUT2D eigenvalue weighted by atomic mass is 9.78. The Bertz CT molecular complexity index is 497. The molecule has 0 aliphatic carbocycles. The summed E-state index contributed by atoms with van der Waals surface area (Å²) in [5, 5.41) is 2.61. The highest BCUT2D eigenvalue weighted by Crippen LogP contribution is 2.39. The number of esters is 2. The first-order valence-corrected chi connectivity index (χ1v) is 10.9. The number of nitrogens with one attached hydrogen (secondary N) is 1. The Labute approximate surface area is 144 Å². The van der Waals surface area contributed by atoms with Crippen LogP contribution in [0.25, 0.3) is 0 Å². The number of ether oxygens (including phenoxy) is 2. The van der Waals surface area contributed by atoms with E-state index in [1.807, 2.05) is 6.92 Å². The average molecular weight is 359 g/mol. The van der Waals surface area contributed by atoms with E-state index in [9.17, 15) is 14.4 Å². The van der Waals surface area contributed by atoms with Crippen molar-refractivity contribution in [3.63, 3.8) is 0 Å². The summed E-state index contributed by atoms with van der Waals surface area (Å²) in [4.78, 5) is 36.0. The second-order valence-corrected chi connectivity index (χ2v) is 12.4. The molecule has 1 aliphatic heterocycles. The van der Waals surface area contributed by atoms with Crippen LogP contribution >= 0.6 is 0 Å². The van der Waals surface area contributed by atoms with Gasteiger partial charge in [0.05, 0.1) is 32.3 Å². The molecule has 1 heterocycles. The molecule has 1 fully saturated rings. The van der Waals surface area contributed by atoms with Gasteiger partial charge in [-0.1, -0.05) is 20.8 Å². The molecule has 0 bridgehead atoms. The van der Waals surface area contributed by atoms with E-state index >= 15 is 0 Å². The predicted molar refractivity (Wildman–Crippen MR) is 90.7 cm³/mol. The van der Waals surface area contributed by atoms with Crippen LogP contribution in [0, 0.1) is 11.8 Å². The maximum Gasteiger partial charge on any atom is 0.322 e. The first-order valence-electron chi connectivity index (χ1n) is 8.01. The van der Waals surface area contributed by atoms with Crippen LogP contribution in [0.5, 0.6) is 0 Å². The third-order valence-corrected chi connectivity index (χ3v) is 9.63. The lowest BCUT2D eigenvalue weighted by molar-refractivity contribution is -0.166. The Balaban J connectivity index is 2.98. The van der Waals surface area contributed by atoms with Crippen molar-refractivity contribution < 1.29 is 28.3 Å². The molecular weight excluding hydrogens is 330 g/mol. The molecule has 1 N–H and O–H groups in total. The zero-order chi connectivity index (χ0) is 18.9. The van der Waals surface area contributed by atoms with Crippen molar-refractivity contribution in [3.05, 3.63) is 0 Å². The lowest BCUT2D eigenvalue weighted by Crippen LogP contribution is -2.68. The monoisotopic (exact) mass is 359 g/mol. The topological polar surface area (TPSA) is 90.9 Å². The number of carbonyl (C=O) groups excluding carboxylic acids is 3. The van der Waals surface area contributed by atoms with E-state index in [0.29, 0.717) is 0 Å². The van der Waals surface area contributed by atoms with Crippen molar-refractivity contribution >= 4 is 26.2 Å². The Kier molecular flexibility index (Phi) is 6.21. The SMILES string of the molecule is COC(=O)C(C(=O)OC)[C@H]1NC(=O)[C@@H]1[C@@H](C)O[Si](C)(C)C(C)(C)C. The Morgan fingerprint density at radius 3 is 1.92 bits per heavy atom. The second kappa shape index (κ2) is 7.22. The maximum absolute atomic E-state index is 12.1. The lowest BCUT2D eigenvalue weighted by Gasteiger charge is -2.46. The summed E-state index contributed by atoms with van der Waals surface area (Å²) in [6, 6.07) is -0.683. The molecule has 0 aromatic heterocycles. The number of hydrogen-bond acceptors (Lipinski definition) is 6. The van der Waals surface area contributed by atoms with Gasteiger partial charge in [-0.15, -0.1) is 0 Å². The summed E-state index contributed by atoms with van der Waals surface area (Å²) in [7, 11) is 0.305. The molecule has 24 heavy (non-hydrogen) atoms. The molecule has 0 aromatic rings. The first kappa shape index (κ1) is 20.6. The van der Waals surface area contributed by atoms with E-state index in [-0.39, 0.29) is 10.9 Å². The summed E-state index contributed by atoms with van der Waals surface area (Å²) >= 11 is 0. The molecule has 138 valence electrons. The molecule has 0 radical (unpaired) electrons. The number of carbonyl (C=O) groups is 3. The molecule has 7 nitrogen and oxygen atoms in total. The van der Waals surface area contributed by atoms with Crippen LogP contribution in [-0.2, 0) is 28.3 Å². The average Bonchev–Trinajstić information content (AvgIpc) is 2.43. The van der Waals surface area contributed by atoms with Crippen LogP contribution in [0.4, 0.5) is 0 Å². The molecule has 0 aromatic carbocycles. The van der Waals surface area contributed by atoms with E-state index in [1.165, 1.54) is 14.2 Å². The highest BCUT2D eigenvalue weighted by Gasteiger charge is 2.54. The fourth-order valence-electron chi connectivity index (χ4n) is 2.57. The summed E-state index contributed by atoms with van der Waals surface area (Å²) < 4.78 is 15.6. The van der Waals surface area contributed by atoms with E-state index in [4.69, 9.17) is 4.43 Å². The number of β-lactam (4-membered cyclic amide) rings is 1. The molecule has 1 rings (SSSR count). The number of rotatable bonds is 6. The summed E-state index contributed by atoms with van der Waals surface area (Å²) in [5.74, 6) is -3.47. The van der Waals surface area contributed by atoms with Crippen molar-refractivity contribution in [2.75, 3.05) is 14.2 Å². The molecule has 3 atom stereocenters. The molecule has 1 saturated heterocycles. The highest BCUT2D eigenvalue weighted by molar-refractivity contribution is 6.74. The van der Waals surface area contributed by atoms with Gasteiger partial charge in [0.15, 0.2) is 14.2 Å². The Morgan fingerprint density at radius 1 is 1.12 bits per heavy atom. The maximum atomic E-state index is 12.1. The van der Waals surface area contributed by atoms with Gasteiger partial charge in [0, 0.05) is 0 Å². The molecule has 8 heteroatoms. The standard InChI is InChI=1S/C16H29NO6Si/c1-9(23-24(7,8)16(2,3)4)10-12(17-13(10)18)11(14(19)21-5)15(20)22-6/h9-12H,1-8H3,(H,17,18)/t9-,10-,12+/m1/s1. The smallest absolute Gasteiger partial charge is 0.322 e. The van der Waals surface area contributed by atoms with E-state index in [2.05, 4.69) is 48.7 Å². The van der Waals surface area contributed by atoms with Gasteiger partial charge in [-0.3, -0.25) is 14.4 Å². The molecule has 0 unspecified atom stereocenters. The molecule has 1 amide bonds. The van der Waals surface area contributed by atoms with E-state index < -0.39 is 44.2 Å². The van der Waals surface area contributed by atoms with Crippen molar-refractivity contribution in [2.45, 2.75) is 58.0 Å². The third-order valence-electron chi connectivity index (χ3n) is 5.06. The van der Waals surface area contributed by atoms with E-state index in [1.54, 1.807) is 0 Å². The van der Waals surface area contributed by atoms with Crippen LogP contribution in [0.2, 0.25) is 18.1 Å². The van der Waals surface area contributed by atoms with Crippen LogP contribution in [-0.4, -0.2) is 52.5 Å². The van der Waals surface area contributed by atoms with Gasteiger partial charge in [0.25, 0.3) is 0 Å². The molecule has 0 saturated carbocycles. The zero-order valence-corrected chi connectivity index (χ0v) is 16.8. The van der Waals surface area contributed by atoms with Gasteiger partial charge in [-0.2, -0.15) is 0 Å². The fourth-order valence-corrected chi connectivity index (χ4v) is 4.00. The van der Waals surface area contributed by atoms with Crippen LogP contribution in [0.15, 0.2) is 0 Å². The first-order chi connectivity index (χ1) is 10.9. The predicted octanol–water partition coefficient (Wildman–Crippen LogP) is 1.47. The summed E-state index contributed by atoms with van der Waals surface area (Å²) in [6.07, 6.45) is -0.415. The van der Waals surface area contributed by atoms with Crippen molar-refractivity contribution in [1.82, 2.24) is 5.32 Å². The van der Waals surface area contributed by atoms with Crippen molar-refractivity contribution in [1.29, 1.82) is 0 Å². The Morgan fingerprint density at radius 2 is 1.58 bits per heavy atom. The van der Waals surface area contributed by atoms with Gasteiger partial charge in [0.1, 0.15) is 0 Å². The van der Waals surface area contributed by atoms with E-state index in [0.717, 1.165) is 0 Å². The highest BCUT2D eigenvalue weighted by atomic mass is 28.4. The minimum atomic E-state index is -2.09. The summed E-state index contributed by atoms with van der Waals surface area (Å²) in [6.45, 7) is 12.3. The fraction of sp³-hybridized carbons (Fsp3) is 0.812. The zero-order valence-electron chi connectivity index (χ0n) is 15.8. The minimum Gasteiger partial charge on any atom is -0.468 e. The summed E-state index contributed by atoms with van der Waals surface area (Å²) in [5.41, 5.74) is 0. The van der Waals surface area contributed by atoms with Crippen molar-refractivity contribution in [2.24, 2.45) is 11.8 Å². The number of hydrogen-bond donors (Lipinski definition) is 1. The van der Waals surface area contributed by atoms with Gasteiger partial charge in [-0.05, 0) is 25.1 Å². The normalized spacial score (nSPS) is 22.5. The van der Waals surface area contributed by atoms with Crippen LogP contribution in [0.1, 0.15) is 27.7 Å². The molecular formula is C16H29NO6Si. The van der Waals surface area contributed by atoms with Gasteiger partial charge in [0.2, 0.25) is 5.91 Å². The second-order valence-electron chi connectivity index (χ2n) is 7.67. The van der Waals surface area contributed by atoms with Gasteiger partial charge in [-0.25, -0.2) is 0 Å². The van der Waals surface area contributed by atoms with Gasteiger partial charge < -0.3 is 19.2 Å². The number of amides is 1. The minimum absolute atomic E-state index is 0.0128. The van der Waals surface area contributed by atoms with Crippen LogP contribution in [0.3, 0.4) is 0 Å². The van der Waals surface area contributed by atoms with Crippen LogP contribution < -0.4 is 5.32 Å². The van der Waals surface area contributed by atoms with Crippen molar-refractivity contribution in [3.8, 4) is 0 Å². The van der Waals surface area contributed by atoms with Gasteiger partial charge >= 0.3 is 11.9 Å². The molecule has 0 spiro atoms. The quantitative estimate of drug-likeness (QED) is 0.334. The number of methoxy groups -OCH3 is 2. The third kappa shape index (κ3) is 3.97.